The molecule has 1 fully saturated rings. The van der Waals surface area contributed by atoms with E-state index in [2.05, 4.69) is 4.57 Å². The molecule has 0 atom stereocenters. The first-order valence-electron chi connectivity index (χ1n) is 9.57. The van der Waals surface area contributed by atoms with Crippen LogP contribution in [0.3, 0.4) is 0 Å². The predicted octanol–water partition coefficient (Wildman–Crippen LogP) is 3.31. The van der Waals surface area contributed by atoms with Gasteiger partial charge in [0.1, 0.15) is 11.5 Å². The van der Waals surface area contributed by atoms with Gasteiger partial charge in [-0.05, 0) is 66.8 Å². The summed E-state index contributed by atoms with van der Waals surface area (Å²) in [6.07, 6.45) is 6.67. The van der Waals surface area contributed by atoms with Crippen LogP contribution >= 0.6 is 0 Å². The van der Waals surface area contributed by atoms with Crippen molar-refractivity contribution in [1.29, 1.82) is 0 Å². The van der Waals surface area contributed by atoms with Crippen LogP contribution in [0.4, 0.5) is 4.39 Å². The van der Waals surface area contributed by atoms with Crippen LogP contribution < -0.4 is 5.56 Å². The standard InChI is InChI=1S/C22H20FN3O2/c23-17-3-5-19(6-4-17)26-14-16-13-24(11-9-15(16)12-21(26)27)22(28)20-2-1-10-25(20)18-7-8-18/h1-6,10,12,14,18H,7-9,11,13H2. The molecular weight excluding hydrogens is 357 g/mol. The van der Waals surface area contributed by atoms with E-state index >= 15 is 0 Å². The first-order chi connectivity index (χ1) is 13.6. The number of fused-ring (bicyclic) bond motifs is 1. The molecule has 3 aromatic rings. The first kappa shape index (κ1) is 17.0. The van der Waals surface area contributed by atoms with Crippen LogP contribution in [0, 0.1) is 5.82 Å². The van der Waals surface area contributed by atoms with Crippen molar-refractivity contribution in [3.8, 4) is 5.69 Å². The van der Waals surface area contributed by atoms with E-state index in [1.807, 2.05) is 23.2 Å². The molecule has 2 aliphatic rings. The summed E-state index contributed by atoms with van der Waals surface area (Å²) in [6.45, 7) is 1.06. The Morgan fingerprint density at radius 1 is 1.07 bits per heavy atom. The summed E-state index contributed by atoms with van der Waals surface area (Å²) in [4.78, 5) is 27.4. The minimum atomic E-state index is -0.342. The van der Waals surface area contributed by atoms with E-state index in [9.17, 15) is 14.0 Å². The van der Waals surface area contributed by atoms with Crippen molar-refractivity contribution in [3.63, 3.8) is 0 Å². The quantitative estimate of drug-likeness (QED) is 0.703. The molecule has 2 aromatic heterocycles. The van der Waals surface area contributed by atoms with Crippen LogP contribution in [0.5, 0.6) is 0 Å². The second-order valence-electron chi connectivity index (χ2n) is 7.52. The predicted molar refractivity (Wildman–Crippen MR) is 103 cm³/mol. The normalized spacial score (nSPS) is 16.1. The molecule has 0 bridgehead atoms. The van der Waals surface area contributed by atoms with Crippen molar-refractivity contribution >= 4 is 5.91 Å². The molecule has 142 valence electrons. The second kappa shape index (κ2) is 6.48. The van der Waals surface area contributed by atoms with E-state index in [-0.39, 0.29) is 17.3 Å². The van der Waals surface area contributed by atoms with E-state index in [1.165, 1.54) is 16.7 Å². The first-order valence-corrected chi connectivity index (χ1v) is 9.57. The highest BCUT2D eigenvalue weighted by atomic mass is 19.1. The average Bonchev–Trinajstić information content (AvgIpc) is 3.44. The topological polar surface area (TPSA) is 47.2 Å². The maximum absolute atomic E-state index is 13.2. The van der Waals surface area contributed by atoms with Crippen LogP contribution in [0.15, 0.2) is 59.7 Å². The van der Waals surface area contributed by atoms with Gasteiger partial charge in [0.25, 0.3) is 11.5 Å². The molecule has 6 heteroatoms. The van der Waals surface area contributed by atoms with Crippen molar-refractivity contribution in [2.24, 2.45) is 0 Å². The molecule has 0 radical (unpaired) electrons. The average molecular weight is 377 g/mol. The minimum Gasteiger partial charge on any atom is -0.340 e. The number of halogens is 1. The van der Waals surface area contributed by atoms with Gasteiger partial charge in [0.15, 0.2) is 0 Å². The van der Waals surface area contributed by atoms with Crippen LogP contribution in [-0.2, 0) is 13.0 Å². The van der Waals surface area contributed by atoms with Gasteiger partial charge in [-0.2, -0.15) is 0 Å². The molecule has 0 saturated heterocycles. The zero-order chi connectivity index (χ0) is 19.3. The Hall–Kier alpha value is -3.15. The van der Waals surface area contributed by atoms with Crippen molar-refractivity contribution in [2.45, 2.75) is 31.8 Å². The van der Waals surface area contributed by atoms with Crippen molar-refractivity contribution in [2.75, 3.05) is 6.54 Å². The van der Waals surface area contributed by atoms with Crippen molar-refractivity contribution < 1.29 is 9.18 Å². The molecule has 28 heavy (non-hydrogen) atoms. The maximum Gasteiger partial charge on any atom is 0.270 e. The Morgan fingerprint density at radius 2 is 1.86 bits per heavy atom. The number of hydrogen-bond acceptors (Lipinski definition) is 2. The largest absolute Gasteiger partial charge is 0.340 e. The molecule has 1 aromatic carbocycles. The fourth-order valence-electron chi connectivity index (χ4n) is 3.91. The third-order valence-corrected chi connectivity index (χ3v) is 5.58. The van der Waals surface area contributed by atoms with Gasteiger partial charge in [0.05, 0.1) is 0 Å². The molecule has 1 aliphatic carbocycles. The third kappa shape index (κ3) is 2.95. The van der Waals surface area contributed by atoms with Gasteiger partial charge in [-0.1, -0.05) is 0 Å². The Morgan fingerprint density at radius 3 is 2.61 bits per heavy atom. The van der Waals surface area contributed by atoms with E-state index < -0.39 is 0 Å². The molecule has 1 amide bonds. The van der Waals surface area contributed by atoms with E-state index in [0.717, 1.165) is 29.7 Å². The Bertz CT molecular complexity index is 1110. The number of aromatic nitrogens is 2. The molecular formula is C22H20FN3O2. The van der Waals surface area contributed by atoms with Gasteiger partial charge >= 0.3 is 0 Å². The summed E-state index contributed by atoms with van der Waals surface area (Å²) in [6, 6.07) is 11.7. The monoisotopic (exact) mass is 377 g/mol. The summed E-state index contributed by atoms with van der Waals surface area (Å²) in [5.74, 6) is -0.313. The summed E-state index contributed by atoms with van der Waals surface area (Å²) in [7, 11) is 0. The summed E-state index contributed by atoms with van der Waals surface area (Å²) in [5.41, 5.74) is 3.13. The number of rotatable bonds is 3. The number of pyridine rings is 1. The smallest absolute Gasteiger partial charge is 0.270 e. The molecule has 1 aliphatic heterocycles. The zero-order valence-corrected chi connectivity index (χ0v) is 15.3. The number of nitrogens with zero attached hydrogens (tertiary/aromatic N) is 3. The highest BCUT2D eigenvalue weighted by Gasteiger charge is 2.30. The second-order valence-corrected chi connectivity index (χ2v) is 7.52. The Labute approximate surface area is 161 Å². The van der Waals surface area contributed by atoms with Gasteiger partial charge in [-0.15, -0.1) is 0 Å². The number of carbonyl (C=O) groups is 1. The van der Waals surface area contributed by atoms with Crippen LogP contribution in [0.1, 0.15) is 40.5 Å². The Balaban J connectivity index is 1.45. The molecule has 5 rings (SSSR count). The van der Waals surface area contributed by atoms with E-state index in [4.69, 9.17) is 0 Å². The number of carbonyl (C=O) groups excluding carboxylic acids is 1. The lowest BCUT2D eigenvalue weighted by molar-refractivity contribution is 0.0723. The Kier molecular flexibility index (Phi) is 3.93. The van der Waals surface area contributed by atoms with Crippen LogP contribution in [0.2, 0.25) is 0 Å². The molecule has 1 saturated carbocycles. The third-order valence-electron chi connectivity index (χ3n) is 5.58. The van der Waals surface area contributed by atoms with Gasteiger partial charge < -0.3 is 9.47 Å². The summed E-state index contributed by atoms with van der Waals surface area (Å²) >= 11 is 0. The molecule has 0 N–H and O–H groups in total. The van der Waals surface area contributed by atoms with Gasteiger partial charge in [0, 0.05) is 43.3 Å². The fraction of sp³-hybridized carbons (Fsp3) is 0.273. The number of amides is 1. The summed E-state index contributed by atoms with van der Waals surface area (Å²) < 4.78 is 16.8. The SMILES string of the molecule is O=C(c1cccn1C1CC1)N1CCc2cc(=O)n(-c3ccc(F)cc3)cc2C1. The molecule has 3 heterocycles. The van der Waals surface area contributed by atoms with Crippen LogP contribution in [-0.4, -0.2) is 26.5 Å². The fourth-order valence-corrected chi connectivity index (χ4v) is 3.91. The minimum absolute atomic E-state index is 0.0297. The summed E-state index contributed by atoms with van der Waals surface area (Å²) in [5, 5.41) is 0. The van der Waals surface area contributed by atoms with Crippen molar-refractivity contribution in [3.05, 3.63) is 87.9 Å². The maximum atomic E-state index is 13.2. The van der Waals surface area contributed by atoms with E-state index in [1.54, 1.807) is 24.4 Å². The van der Waals surface area contributed by atoms with Crippen LogP contribution in [0.25, 0.3) is 5.69 Å². The lowest BCUT2D eigenvalue weighted by Gasteiger charge is -2.29. The lowest BCUT2D eigenvalue weighted by atomic mass is 10.0. The van der Waals surface area contributed by atoms with Gasteiger partial charge in [-0.25, -0.2) is 4.39 Å². The van der Waals surface area contributed by atoms with E-state index in [0.29, 0.717) is 31.2 Å². The highest BCUT2D eigenvalue weighted by molar-refractivity contribution is 5.93. The molecule has 0 spiro atoms. The number of hydrogen-bond donors (Lipinski definition) is 0. The van der Waals surface area contributed by atoms with Gasteiger partial charge in [0.2, 0.25) is 0 Å². The zero-order valence-electron chi connectivity index (χ0n) is 15.3. The number of benzene rings is 1. The molecule has 5 nitrogen and oxygen atoms in total. The lowest BCUT2D eigenvalue weighted by Crippen LogP contribution is -2.38. The molecule has 0 unspecified atom stereocenters. The highest BCUT2D eigenvalue weighted by Crippen LogP contribution is 2.36. The van der Waals surface area contributed by atoms with Crippen molar-refractivity contribution in [1.82, 2.24) is 14.0 Å². The van der Waals surface area contributed by atoms with Gasteiger partial charge in [-0.3, -0.25) is 14.2 Å².